The first kappa shape index (κ1) is 16.2. The normalized spacial score (nSPS) is 11.9. The van der Waals surface area contributed by atoms with Crippen LogP contribution in [0.5, 0.6) is 0 Å². The van der Waals surface area contributed by atoms with Crippen molar-refractivity contribution in [2.24, 2.45) is 0 Å². The van der Waals surface area contributed by atoms with Crippen molar-refractivity contribution >= 4 is 11.8 Å². The minimum atomic E-state index is -0.305. The van der Waals surface area contributed by atoms with Crippen molar-refractivity contribution in [3.8, 4) is 0 Å². The van der Waals surface area contributed by atoms with E-state index in [1.165, 1.54) is 0 Å². The van der Waals surface area contributed by atoms with Crippen LogP contribution < -0.4 is 10.6 Å². The fourth-order valence-corrected chi connectivity index (χ4v) is 1.63. The van der Waals surface area contributed by atoms with E-state index >= 15 is 0 Å². The molecule has 0 spiro atoms. The van der Waals surface area contributed by atoms with E-state index in [0.29, 0.717) is 11.1 Å². The van der Waals surface area contributed by atoms with Gasteiger partial charge in [-0.25, -0.2) is 0 Å². The second-order valence-corrected chi connectivity index (χ2v) is 6.99. The molecule has 4 heteroatoms. The van der Waals surface area contributed by atoms with Gasteiger partial charge in [0.25, 0.3) is 11.8 Å². The number of nitrogens with one attached hydrogen (secondary N) is 2. The van der Waals surface area contributed by atoms with E-state index in [4.69, 9.17) is 0 Å². The summed E-state index contributed by atoms with van der Waals surface area (Å²) in [5.74, 6) is -0.356. The summed E-state index contributed by atoms with van der Waals surface area (Å²) in [5, 5.41) is 5.76. The van der Waals surface area contributed by atoms with E-state index in [1.807, 2.05) is 41.5 Å². The van der Waals surface area contributed by atoms with Crippen LogP contribution >= 0.6 is 0 Å². The van der Waals surface area contributed by atoms with E-state index in [2.05, 4.69) is 10.6 Å². The van der Waals surface area contributed by atoms with Crippen molar-refractivity contribution in [3.63, 3.8) is 0 Å². The maximum Gasteiger partial charge on any atom is 0.251 e. The highest BCUT2D eigenvalue weighted by Crippen LogP contribution is 2.10. The molecule has 0 fully saturated rings. The molecule has 0 radical (unpaired) electrons. The largest absolute Gasteiger partial charge is 0.347 e. The molecule has 1 aromatic rings. The predicted octanol–water partition coefficient (Wildman–Crippen LogP) is 2.74. The Balaban J connectivity index is 2.91. The van der Waals surface area contributed by atoms with Gasteiger partial charge in [0.2, 0.25) is 0 Å². The van der Waals surface area contributed by atoms with Crippen molar-refractivity contribution in [3.05, 3.63) is 35.4 Å². The third-order valence-corrected chi connectivity index (χ3v) is 2.36. The number of amides is 2. The van der Waals surface area contributed by atoms with Crippen LogP contribution in [-0.2, 0) is 0 Å². The standard InChI is InChI=1S/C16H24N2O2/c1-15(2,3)17-13(19)11-8-7-9-12(10-11)14(20)18-16(4,5)6/h7-10H,1-6H3,(H,17,19)(H,18,20). The Bertz CT molecular complexity index is 465. The molecule has 0 aromatic heterocycles. The van der Waals surface area contributed by atoms with Gasteiger partial charge < -0.3 is 10.6 Å². The van der Waals surface area contributed by atoms with Gasteiger partial charge in [-0.2, -0.15) is 0 Å². The molecule has 0 aliphatic heterocycles. The molecule has 0 saturated heterocycles. The molecule has 0 atom stereocenters. The number of hydrogen-bond donors (Lipinski definition) is 2. The second-order valence-electron chi connectivity index (χ2n) is 6.99. The molecule has 0 unspecified atom stereocenters. The third kappa shape index (κ3) is 5.43. The van der Waals surface area contributed by atoms with Gasteiger partial charge in [-0.1, -0.05) is 6.07 Å². The quantitative estimate of drug-likeness (QED) is 0.872. The molecule has 0 saturated carbocycles. The van der Waals surface area contributed by atoms with Crippen LogP contribution in [0.25, 0.3) is 0 Å². The van der Waals surface area contributed by atoms with E-state index < -0.39 is 0 Å². The molecule has 2 N–H and O–H groups in total. The molecule has 2 amide bonds. The van der Waals surface area contributed by atoms with Gasteiger partial charge >= 0.3 is 0 Å². The molecule has 110 valence electrons. The Kier molecular flexibility index (Phi) is 4.58. The third-order valence-electron chi connectivity index (χ3n) is 2.36. The SMILES string of the molecule is CC(C)(C)NC(=O)c1cccc(C(=O)NC(C)(C)C)c1. The average molecular weight is 276 g/mol. The van der Waals surface area contributed by atoms with Gasteiger partial charge in [0, 0.05) is 22.2 Å². The van der Waals surface area contributed by atoms with Crippen molar-refractivity contribution in [1.82, 2.24) is 10.6 Å². The molecule has 0 aliphatic carbocycles. The predicted molar refractivity (Wildman–Crippen MR) is 80.9 cm³/mol. The number of rotatable bonds is 2. The lowest BCUT2D eigenvalue weighted by Crippen LogP contribution is -2.41. The molecule has 0 aliphatic rings. The molecular weight excluding hydrogens is 252 g/mol. The molecular formula is C16H24N2O2. The van der Waals surface area contributed by atoms with Gasteiger partial charge in [-0.05, 0) is 59.7 Å². The lowest BCUT2D eigenvalue weighted by atomic mass is 10.0. The van der Waals surface area contributed by atoms with Gasteiger partial charge in [-0.3, -0.25) is 9.59 Å². The van der Waals surface area contributed by atoms with Crippen LogP contribution in [-0.4, -0.2) is 22.9 Å². The number of benzene rings is 1. The van der Waals surface area contributed by atoms with Crippen LogP contribution in [0.15, 0.2) is 24.3 Å². The van der Waals surface area contributed by atoms with E-state index in [1.54, 1.807) is 24.3 Å². The smallest absolute Gasteiger partial charge is 0.251 e. The summed E-state index contributed by atoms with van der Waals surface area (Å²) in [6.45, 7) is 11.5. The topological polar surface area (TPSA) is 58.2 Å². The van der Waals surface area contributed by atoms with Gasteiger partial charge in [-0.15, -0.1) is 0 Å². The minimum absolute atomic E-state index is 0.178. The second kappa shape index (κ2) is 5.65. The van der Waals surface area contributed by atoms with Crippen molar-refractivity contribution in [1.29, 1.82) is 0 Å². The Morgan fingerprint density at radius 3 is 1.45 bits per heavy atom. The zero-order valence-corrected chi connectivity index (χ0v) is 13.1. The van der Waals surface area contributed by atoms with Crippen LogP contribution in [0, 0.1) is 0 Å². The Labute approximate surface area is 121 Å². The van der Waals surface area contributed by atoms with E-state index in [9.17, 15) is 9.59 Å². The van der Waals surface area contributed by atoms with Crippen molar-refractivity contribution < 1.29 is 9.59 Å². The highest BCUT2D eigenvalue weighted by molar-refractivity contribution is 6.00. The monoisotopic (exact) mass is 276 g/mol. The summed E-state index contributed by atoms with van der Waals surface area (Å²) in [7, 11) is 0. The Morgan fingerprint density at radius 2 is 1.15 bits per heavy atom. The van der Waals surface area contributed by atoms with Crippen LogP contribution in [0.4, 0.5) is 0 Å². The lowest BCUT2D eigenvalue weighted by Gasteiger charge is -2.22. The van der Waals surface area contributed by atoms with E-state index in [0.717, 1.165) is 0 Å². The average Bonchev–Trinajstić information content (AvgIpc) is 2.24. The number of hydrogen-bond acceptors (Lipinski definition) is 2. The summed E-state index contributed by atoms with van der Waals surface area (Å²) < 4.78 is 0. The van der Waals surface area contributed by atoms with Crippen LogP contribution in [0.1, 0.15) is 62.3 Å². The fraction of sp³-hybridized carbons (Fsp3) is 0.500. The Morgan fingerprint density at radius 1 is 0.800 bits per heavy atom. The fourth-order valence-electron chi connectivity index (χ4n) is 1.63. The van der Waals surface area contributed by atoms with Gasteiger partial charge in [0.05, 0.1) is 0 Å². The molecule has 20 heavy (non-hydrogen) atoms. The first-order valence-corrected chi connectivity index (χ1v) is 6.73. The number of carbonyl (C=O) groups is 2. The Hall–Kier alpha value is -1.84. The minimum Gasteiger partial charge on any atom is -0.347 e. The van der Waals surface area contributed by atoms with Crippen molar-refractivity contribution in [2.45, 2.75) is 52.6 Å². The highest BCUT2D eigenvalue weighted by atomic mass is 16.2. The van der Waals surface area contributed by atoms with Crippen LogP contribution in [0.2, 0.25) is 0 Å². The summed E-state index contributed by atoms with van der Waals surface area (Å²) in [6.07, 6.45) is 0. The van der Waals surface area contributed by atoms with Crippen LogP contribution in [0.3, 0.4) is 0 Å². The molecule has 0 bridgehead atoms. The highest BCUT2D eigenvalue weighted by Gasteiger charge is 2.18. The summed E-state index contributed by atoms with van der Waals surface area (Å²) in [4.78, 5) is 24.2. The summed E-state index contributed by atoms with van der Waals surface area (Å²) in [5.41, 5.74) is 0.365. The van der Waals surface area contributed by atoms with E-state index in [-0.39, 0.29) is 22.9 Å². The first-order chi connectivity index (χ1) is 8.98. The lowest BCUT2D eigenvalue weighted by molar-refractivity contribution is 0.0918. The zero-order valence-electron chi connectivity index (χ0n) is 13.1. The number of carbonyl (C=O) groups excluding carboxylic acids is 2. The van der Waals surface area contributed by atoms with Gasteiger partial charge in [0.1, 0.15) is 0 Å². The molecule has 0 heterocycles. The zero-order chi connectivity index (χ0) is 15.6. The molecule has 4 nitrogen and oxygen atoms in total. The molecule has 1 aromatic carbocycles. The maximum absolute atomic E-state index is 12.1. The molecule has 1 rings (SSSR count). The summed E-state index contributed by atoms with van der Waals surface area (Å²) in [6, 6.07) is 6.74. The summed E-state index contributed by atoms with van der Waals surface area (Å²) >= 11 is 0. The van der Waals surface area contributed by atoms with Crippen molar-refractivity contribution in [2.75, 3.05) is 0 Å². The first-order valence-electron chi connectivity index (χ1n) is 6.73. The van der Waals surface area contributed by atoms with Gasteiger partial charge in [0.15, 0.2) is 0 Å². The maximum atomic E-state index is 12.1.